The van der Waals surface area contributed by atoms with E-state index in [2.05, 4.69) is 26.2 Å². The number of rotatable bonds is 6. The van der Waals surface area contributed by atoms with Gasteiger partial charge >= 0.3 is 0 Å². The second-order valence-electron chi connectivity index (χ2n) is 6.11. The third-order valence-electron chi connectivity index (χ3n) is 4.08. The van der Waals surface area contributed by atoms with E-state index in [0.29, 0.717) is 37.0 Å². The van der Waals surface area contributed by atoms with Crippen molar-refractivity contribution >= 4 is 49.3 Å². The number of hydrogen-bond acceptors (Lipinski definition) is 6. The number of halogens is 1. The van der Waals surface area contributed by atoms with Gasteiger partial charge in [-0.1, -0.05) is 33.8 Å². The standard InChI is InChI=1S/C18H20BrN3O4S2/c1-13(18(23)21-15-4-2-3-14(19)11-15)27-17-6-5-16(12-20-17)28(24,25)22-7-9-26-10-8-22/h2-6,11-13H,7-10H2,1H3,(H,21,23). The second-order valence-corrected chi connectivity index (χ2v) is 10.3. The first-order valence-electron chi connectivity index (χ1n) is 8.63. The van der Waals surface area contributed by atoms with Crippen LogP contribution in [0.25, 0.3) is 0 Å². The Bertz CT molecular complexity index is 932. The van der Waals surface area contributed by atoms with Crippen molar-refractivity contribution in [2.24, 2.45) is 0 Å². The number of sulfonamides is 1. The van der Waals surface area contributed by atoms with Crippen LogP contribution in [0.2, 0.25) is 0 Å². The summed E-state index contributed by atoms with van der Waals surface area (Å²) in [5, 5.41) is 3.04. The molecule has 3 rings (SSSR count). The number of nitrogens with one attached hydrogen (secondary N) is 1. The molecular formula is C18H20BrN3O4S2. The number of anilines is 1. The van der Waals surface area contributed by atoms with Gasteiger partial charge in [-0.3, -0.25) is 4.79 Å². The van der Waals surface area contributed by atoms with Gasteiger partial charge in [0.05, 0.1) is 23.5 Å². The molecule has 0 radical (unpaired) electrons. The lowest BCUT2D eigenvalue weighted by molar-refractivity contribution is -0.115. The summed E-state index contributed by atoms with van der Waals surface area (Å²) < 4.78 is 32.7. The van der Waals surface area contributed by atoms with Gasteiger partial charge < -0.3 is 10.1 Å². The zero-order valence-corrected chi connectivity index (χ0v) is 18.4. The molecule has 1 N–H and O–H groups in total. The van der Waals surface area contributed by atoms with Gasteiger partial charge in [0.25, 0.3) is 0 Å². The maximum atomic E-state index is 12.6. The van der Waals surface area contributed by atoms with Gasteiger partial charge in [0.15, 0.2) is 0 Å². The van der Waals surface area contributed by atoms with E-state index in [-0.39, 0.29) is 10.8 Å². The number of benzene rings is 1. The molecule has 1 aliphatic heterocycles. The fourth-order valence-electron chi connectivity index (χ4n) is 2.57. The summed E-state index contributed by atoms with van der Waals surface area (Å²) in [4.78, 5) is 16.7. The molecule has 7 nitrogen and oxygen atoms in total. The number of carbonyl (C=O) groups excluding carboxylic acids is 1. The van der Waals surface area contributed by atoms with Crippen LogP contribution in [-0.2, 0) is 19.6 Å². The van der Waals surface area contributed by atoms with Gasteiger partial charge in [-0.15, -0.1) is 0 Å². The average molecular weight is 486 g/mol. The molecule has 1 fully saturated rings. The van der Waals surface area contributed by atoms with Gasteiger partial charge in [0, 0.05) is 29.4 Å². The van der Waals surface area contributed by atoms with E-state index in [1.54, 1.807) is 13.0 Å². The van der Waals surface area contributed by atoms with Crippen molar-refractivity contribution in [1.82, 2.24) is 9.29 Å². The Morgan fingerprint density at radius 1 is 1.29 bits per heavy atom. The molecule has 2 aromatic rings. The van der Waals surface area contributed by atoms with E-state index in [1.807, 2.05) is 24.3 Å². The highest BCUT2D eigenvalue weighted by Gasteiger charge is 2.26. The van der Waals surface area contributed by atoms with Gasteiger partial charge in [0.1, 0.15) is 4.90 Å². The minimum absolute atomic E-state index is 0.144. The van der Waals surface area contributed by atoms with Crippen molar-refractivity contribution in [3.05, 3.63) is 47.1 Å². The Labute approximate surface area is 177 Å². The number of ether oxygens (including phenoxy) is 1. The Kier molecular flexibility index (Phi) is 7.10. The number of nitrogens with zero attached hydrogens (tertiary/aromatic N) is 2. The molecule has 1 aliphatic rings. The Morgan fingerprint density at radius 3 is 2.68 bits per heavy atom. The smallest absolute Gasteiger partial charge is 0.244 e. The third-order valence-corrected chi connectivity index (χ3v) is 7.50. The van der Waals surface area contributed by atoms with Gasteiger partial charge in [0.2, 0.25) is 15.9 Å². The van der Waals surface area contributed by atoms with Crippen LogP contribution in [0.5, 0.6) is 0 Å². The molecule has 1 aromatic carbocycles. The highest BCUT2D eigenvalue weighted by Crippen LogP contribution is 2.25. The molecule has 1 atom stereocenters. The molecule has 1 amide bonds. The number of morpholine rings is 1. The topological polar surface area (TPSA) is 88.6 Å². The van der Waals surface area contributed by atoms with E-state index in [1.165, 1.54) is 28.3 Å². The lowest BCUT2D eigenvalue weighted by atomic mass is 10.3. The molecule has 2 heterocycles. The SMILES string of the molecule is CC(Sc1ccc(S(=O)(=O)N2CCOCC2)cn1)C(=O)Nc1cccc(Br)c1. The Morgan fingerprint density at radius 2 is 2.04 bits per heavy atom. The minimum Gasteiger partial charge on any atom is -0.379 e. The third kappa shape index (κ3) is 5.32. The summed E-state index contributed by atoms with van der Waals surface area (Å²) in [7, 11) is -3.57. The second kappa shape index (κ2) is 9.36. The molecule has 28 heavy (non-hydrogen) atoms. The molecule has 0 saturated carbocycles. The van der Waals surface area contributed by atoms with Crippen molar-refractivity contribution in [2.75, 3.05) is 31.6 Å². The summed E-state index contributed by atoms with van der Waals surface area (Å²) in [5.74, 6) is -0.157. The van der Waals surface area contributed by atoms with Crippen LogP contribution >= 0.6 is 27.7 Å². The molecule has 1 aromatic heterocycles. The van der Waals surface area contributed by atoms with Crippen molar-refractivity contribution in [2.45, 2.75) is 22.1 Å². The fraction of sp³-hybridized carbons (Fsp3) is 0.333. The van der Waals surface area contributed by atoms with Crippen LogP contribution in [0.4, 0.5) is 5.69 Å². The van der Waals surface area contributed by atoms with Crippen molar-refractivity contribution < 1.29 is 17.9 Å². The summed E-state index contributed by atoms with van der Waals surface area (Å²) >= 11 is 4.64. The van der Waals surface area contributed by atoms with Gasteiger partial charge in [-0.05, 0) is 37.3 Å². The number of carbonyl (C=O) groups is 1. The van der Waals surface area contributed by atoms with Gasteiger partial charge in [-0.25, -0.2) is 13.4 Å². The molecule has 150 valence electrons. The summed E-state index contributed by atoms with van der Waals surface area (Å²) in [6.07, 6.45) is 1.34. The summed E-state index contributed by atoms with van der Waals surface area (Å²) in [6.45, 7) is 3.24. The zero-order valence-electron chi connectivity index (χ0n) is 15.2. The molecule has 1 unspecified atom stereocenters. The molecule has 0 aliphatic carbocycles. The Balaban J connectivity index is 1.62. The first kappa shape index (κ1) is 21.3. The molecule has 0 spiro atoms. The average Bonchev–Trinajstić information content (AvgIpc) is 2.69. The van der Waals surface area contributed by atoms with E-state index in [4.69, 9.17) is 4.74 Å². The predicted molar refractivity (Wildman–Crippen MR) is 112 cm³/mol. The molecule has 1 saturated heterocycles. The van der Waals surface area contributed by atoms with Crippen molar-refractivity contribution in [1.29, 1.82) is 0 Å². The van der Waals surface area contributed by atoms with E-state index in [9.17, 15) is 13.2 Å². The normalized spacial score (nSPS) is 16.5. The number of pyridine rings is 1. The molecule has 0 bridgehead atoms. The van der Waals surface area contributed by atoms with E-state index >= 15 is 0 Å². The van der Waals surface area contributed by atoms with Crippen molar-refractivity contribution in [3.63, 3.8) is 0 Å². The number of hydrogen-bond donors (Lipinski definition) is 1. The minimum atomic E-state index is -3.57. The fourth-order valence-corrected chi connectivity index (χ4v) is 5.11. The van der Waals surface area contributed by atoms with Gasteiger partial charge in [-0.2, -0.15) is 4.31 Å². The highest BCUT2D eigenvalue weighted by atomic mass is 79.9. The van der Waals surface area contributed by atoms with Crippen LogP contribution < -0.4 is 5.32 Å². The predicted octanol–water partition coefficient (Wildman–Crippen LogP) is 2.98. The first-order chi connectivity index (χ1) is 13.4. The van der Waals surface area contributed by atoms with Crippen LogP contribution in [0.1, 0.15) is 6.92 Å². The number of amides is 1. The quantitative estimate of drug-likeness (QED) is 0.632. The lowest BCUT2D eigenvalue weighted by Crippen LogP contribution is -2.40. The lowest BCUT2D eigenvalue weighted by Gasteiger charge is -2.25. The molecule has 10 heteroatoms. The summed E-state index contributed by atoms with van der Waals surface area (Å²) in [5.41, 5.74) is 0.701. The van der Waals surface area contributed by atoms with E-state index in [0.717, 1.165) is 4.47 Å². The van der Waals surface area contributed by atoms with Crippen LogP contribution in [0.15, 0.2) is 57.0 Å². The monoisotopic (exact) mass is 485 g/mol. The first-order valence-corrected chi connectivity index (χ1v) is 11.7. The largest absolute Gasteiger partial charge is 0.379 e. The number of aromatic nitrogens is 1. The maximum absolute atomic E-state index is 12.6. The number of thioether (sulfide) groups is 1. The zero-order chi connectivity index (χ0) is 20.1. The maximum Gasteiger partial charge on any atom is 0.244 e. The summed E-state index contributed by atoms with van der Waals surface area (Å²) in [6, 6.07) is 10.5. The Hall–Kier alpha value is -1.46. The van der Waals surface area contributed by atoms with E-state index < -0.39 is 15.3 Å². The highest BCUT2D eigenvalue weighted by molar-refractivity contribution is 9.10. The van der Waals surface area contributed by atoms with Crippen molar-refractivity contribution in [3.8, 4) is 0 Å². The van der Waals surface area contributed by atoms with Crippen LogP contribution in [-0.4, -0.2) is 55.2 Å². The van der Waals surface area contributed by atoms with Crippen LogP contribution in [0, 0.1) is 0 Å². The van der Waals surface area contributed by atoms with Crippen LogP contribution in [0.3, 0.4) is 0 Å². The molecular weight excluding hydrogens is 466 g/mol.